The molecule has 1 aliphatic heterocycles. The number of rotatable bonds is 4. The first-order valence-corrected chi connectivity index (χ1v) is 10.0. The zero-order valence-electron chi connectivity index (χ0n) is 15.1. The van der Waals surface area contributed by atoms with E-state index in [1.54, 1.807) is 0 Å². The topological polar surface area (TPSA) is 33.6 Å². The number of benzene rings is 1. The van der Waals surface area contributed by atoms with Crippen molar-refractivity contribution in [3.8, 4) is 0 Å². The Balaban J connectivity index is 1.90. The number of ether oxygens (including phenoxy) is 1. The second kappa shape index (κ2) is 7.44. The maximum atomic E-state index is 5.59. The van der Waals surface area contributed by atoms with Gasteiger partial charge < -0.3 is 10.1 Å². The van der Waals surface area contributed by atoms with Crippen LogP contribution in [0.5, 0.6) is 0 Å². The summed E-state index contributed by atoms with van der Waals surface area (Å²) in [6.07, 6.45) is 3.45. The first-order chi connectivity index (χ1) is 12.1. The van der Waals surface area contributed by atoms with E-state index in [2.05, 4.69) is 40.3 Å². The van der Waals surface area contributed by atoms with Gasteiger partial charge in [-0.3, -0.25) is 4.99 Å². The van der Waals surface area contributed by atoms with Crippen LogP contribution < -0.4 is 5.32 Å². The van der Waals surface area contributed by atoms with Gasteiger partial charge in [0, 0.05) is 16.0 Å². The summed E-state index contributed by atoms with van der Waals surface area (Å²) in [4.78, 5) is 5.74. The van der Waals surface area contributed by atoms with Crippen molar-refractivity contribution < 1.29 is 4.74 Å². The lowest BCUT2D eigenvalue weighted by Crippen LogP contribution is -2.48. The molecule has 0 spiro atoms. The van der Waals surface area contributed by atoms with Crippen LogP contribution in [0.4, 0.5) is 0 Å². The lowest BCUT2D eigenvalue weighted by atomic mass is 9.52. The summed E-state index contributed by atoms with van der Waals surface area (Å²) in [6, 6.07) is 6.29. The minimum Gasteiger partial charge on any atom is -0.400 e. The summed E-state index contributed by atoms with van der Waals surface area (Å²) >= 11 is 9.10. The van der Waals surface area contributed by atoms with Crippen molar-refractivity contribution >= 4 is 62.4 Å². The van der Waals surface area contributed by atoms with Crippen LogP contribution in [-0.4, -0.2) is 45.6 Å². The molecule has 2 aliphatic rings. The van der Waals surface area contributed by atoms with Gasteiger partial charge in [-0.15, -0.1) is 0 Å². The van der Waals surface area contributed by atoms with E-state index in [1.807, 2.05) is 13.0 Å². The maximum absolute atomic E-state index is 5.59. The number of hydrogen-bond donors (Lipinski definition) is 1. The average molecular weight is 425 g/mol. The SMILES string of the molecule is [B]C([B])([B])OC1CCC(C2(c3cc(Br)ccc3C)N=C(C)C(=S)N2)CC1. The van der Waals surface area contributed by atoms with Crippen molar-refractivity contribution in [2.45, 2.75) is 56.6 Å². The molecule has 6 radical (unpaired) electrons. The van der Waals surface area contributed by atoms with Crippen LogP contribution in [-0.2, 0) is 10.4 Å². The molecule has 1 heterocycles. The Morgan fingerprint density at radius 2 is 1.88 bits per heavy atom. The third kappa shape index (κ3) is 4.12. The van der Waals surface area contributed by atoms with Gasteiger partial charge in [-0.05, 0) is 62.5 Å². The fourth-order valence-corrected chi connectivity index (χ4v) is 4.60. The van der Waals surface area contributed by atoms with Crippen molar-refractivity contribution in [1.82, 2.24) is 5.32 Å². The van der Waals surface area contributed by atoms with Gasteiger partial charge in [-0.1, -0.05) is 34.2 Å². The Morgan fingerprint density at radius 1 is 1.23 bits per heavy atom. The normalized spacial score (nSPS) is 29.3. The van der Waals surface area contributed by atoms with E-state index in [4.69, 9.17) is 45.5 Å². The van der Waals surface area contributed by atoms with E-state index in [9.17, 15) is 0 Å². The molecule has 8 heteroatoms. The average Bonchev–Trinajstić information content (AvgIpc) is 2.85. The van der Waals surface area contributed by atoms with Crippen LogP contribution in [0.3, 0.4) is 0 Å². The van der Waals surface area contributed by atoms with E-state index in [0.29, 0.717) is 4.99 Å². The fourth-order valence-electron chi connectivity index (χ4n) is 4.04. The highest BCUT2D eigenvalue weighted by Crippen LogP contribution is 2.45. The van der Waals surface area contributed by atoms with Gasteiger partial charge in [-0.2, -0.15) is 0 Å². The first kappa shape index (κ1) is 20.2. The van der Waals surface area contributed by atoms with E-state index in [1.165, 1.54) is 5.56 Å². The highest BCUT2D eigenvalue weighted by molar-refractivity contribution is 9.10. The van der Waals surface area contributed by atoms with Crippen LogP contribution in [0, 0.1) is 12.8 Å². The van der Waals surface area contributed by atoms with E-state index in [0.717, 1.165) is 41.4 Å². The van der Waals surface area contributed by atoms with Gasteiger partial charge in [-0.25, -0.2) is 0 Å². The van der Waals surface area contributed by atoms with E-state index >= 15 is 0 Å². The molecule has 3 rings (SSSR count). The summed E-state index contributed by atoms with van der Waals surface area (Å²) in [5.74, 6) is 0.286. The molecule has 1 aromatic rings. The quantitative estimate of drug-likeness (QED) is 0.596. The van der Waals surface area contributed by atoms with Crippen LogP contribution in [0.15, 0.2) is 27.7 Å². The Kier molecular flexibility index (Phi) is 5.77. The van der Waals surface area contributed by atoms with E-state index in [-0.39, 0.29) is 12.0 Å². The molecular weight excluding hydrogens is 405 g/mol. The van der Waals surface area contributed by atoms with Gasteiger partial charge in [0.1, 0.15) is 4.99 Å². The highest BCUT2D eigenvalue weighted by atomic mass is 79.9. The number of nitrogens with one attached hydrogen (secondary N) is 1. The minimum absolute atomic E-state index is 0.0367. The minimum atomic E-state index is -1.59. The zero-order valence-corrected chi connectivity index (χ0v) is 17.5. The summed E-state index contributed by atoms with van der Waals surface area (Å²) in [5, 5.41) is 1.94. The molecule has 1 saturated carbocycles. The van der Waals surface area contributed by atoms with Crippen LogP contribution in [0.25, 0.3) is 0 Å². The number of aliphatic imine (C=N–C) groups is 1. The summed E-state index contributed by atoms with van der Waals surface area (Å²) in [7, 11) is 16.8. The molecule has 1 unspecified atom stereocenters. The van der Waals surface area contributed by atoms with Crippen molar-refractivity contribution in [1.29, 1.82) is 0 Å². The number of aryl methyl sites for hydroxylation is 1. The smallest absolute Gasteiger partial charge is 0.159 e. The molecule has 0 saturated heterocycles. The zero-order chi connectivity index (χ0) is 19.1. The molecule has 1 aromatic carbocycles. The molecular formula is C18H20B3BrN2OS. The van der Waals surface area contributed by atoms with Crippen LogP contribution in [0.1, 0.15) is 43.7 Å². The van der Waals surface area contributed by atoms with Crippen molar-refractivity contribution in [2.24, 2.45) is 10.9 Å². The molecule has 1 fully saturated rings. The molecule has 0 bridgehead atoms. The Morgan fingerprint density at radius 3 is 2.42 bits per heavy atom. The van der Waals surface area contributed by atoms with Crippen LogP contribution >= 0.6 is 28.1 Å². The first-order valence-electron chi connectivity index (χ1n) is 8.81. The monoisotopic (exact) mass is 424 g/mol. The molecule has 0 amide bonds. The second-order valence-electron chi connectivity index (χ2n) is 7.32. The van der Waals surface area contributed by atoms with Gasteiger partial charge >= 0.3 is 0 Å². The van der Waals surface area contributed by atoms with Crippen molar-refractivity contribution in [3.63, 3.8) is 0 Å². The number of nitrogens with zero attached hydrogens (tertiary/aromatic N) is 1. The Hall–Kier alpha value is -0.585. The van der Waals surface area contributed by atoms with E-state index < -0.39 is 11.0 Å². The standard InChI is InChI=1S/C18H20B3BrN2OS/c1-10-3-6-13(22)9-15(10)17(23-11(2)16(26)24-17)12-4-7-14(8-5-12)25-18(19,20)21/h3,6,9,12,14H,4-5,7-8H2,1-2H3,(H,24,26). The number of hydrogen-bond acceptors (Lipinski definition) is 3. The van der Waals surface area contributed by atoms with Crippen LogP contribution in [0.2, 0.25) is 0 Å². The maximum Gasteiger partial charge on any atom is 0.159 e. The van der Waals surface area contributed by atoms with Gasteiger partial charge in [0.25, 0.3) is 0 Å². The molecule has 130 valence electrons. The predicted octanol–water partition coefficient (Wildman–Crippen LogP) is 2.99. The Labute approximate surface area is 173 Å². The molecule has 1 aliphatic carbocycles. The molecule has 0 aromatic heterocycles. The van der Waals surface area contributed by atoms with Crippen molar-refractivity contribution in [2.75, 3.05) is 0 Å². The molecule has 1 atom stereocenters. The fraction of sp³-hybridized carbons (Fsp3) is 0.556. The largest absolute Gasteiger partial charge is 0.400 e. The summed E-state index contributed by atoms with van der Waals surface area (Å²) in [5.41, 5.74) is 2.68. The molecule has 26 heavy (non-hydrogen) atoms. The third-order valence-electron chi connectivity index (χ3n) is 5.22. The number of thiocarbonyl (C=S) groups is 1. The number of halogens is 1. The van der Waals surface area contributed by atoms with Gasteiger partial charge in [0.2, 0.25) is 0 Å². The highest BCUT2D eigenvalue weighted by Gasteiger charge is 2.47. The summed E-state index contributed by atoms with van der Waals surface area (Å²) in [6.45, 7) is 4.07. The molecule has 3 nitrogen and oxygen atoms in total. The molecule has 1 N–H and O–H groups in total. The third-order valence-corrected chi connectivity index (χ3v) is 6.11. The lowest BCUT2D eigenvalue weighted by molar-refractivity contribution is 0.00118. The lowest BCUT2D eigenvalue weighted by Gasteiger charge is -2.42. The predicted molar refractivity (Wildman–Crippen MR) is 116 cm³/mol. The summed E-state index contributed by atoms with van der Waals surface area (Å²) < 4.78 is 6.59. The van der Waals surface area contributed by atoms with Crippen molar-refractivity contribution in [3.05, 3.63) is 33.8 Å². The van der Waals surface area contributed by atoms with Gasteiger partial charge in [0.15, 0.2) is 5.66 Å². The van der Waals surface area contributed by atoms with Gasteiger partial charge in [0.05, 0.1) is 35.4 Å². The second-order valence-corrected chi connectivity index (χ2v) is 8.65. The Bertz CT molecular complexity index is 744.